The van der Waals surface area contributed by atoms with Gasteiger partial charge in [-0.15, -0.1) is 5.54 Å². The summed E-state index contributed by atoms with van der Waals surface area (Å²) in [5.41, 5.74) is 2.78. The predicted molar refractivity (Wildman–Crippen MR) is 41.5 cm³/mol. The van der Waals surface area contributed by atoms with E-state index in [1.54, 1.807) is 0 Å². The summed E-state index contributed by atoms with van der Waals surface area (Å²) in [5.74, 6) is 1.54. The van der Waals surface area contributed by atoms with E-state index in [0.29, 0.717) is 0 Å². The van der Waals surface area contributed by atoms with Gasteiger partial charge in [0.1, 0.15) is 0 Å². The second-order valence-corrected chi connectivity index (χ2v) is 2.04. The van der Waals surface area contributed by atoms with Gasteiger partial charge in [0, 0.05) is 21.3 Å². The third kappa shape index (κ3) is 2.12. The quantitative estimate of drug-likeness (QED) is 0.298. The molecule has 0 heterocycles. The van der Waals surface area contributed by atoms with Crippen molar-refractivity contribution in [2.45, 2.75) is 5.97 Å². The van der Waals surface area contributed by atoms with Crippen LogP contribution >= 0.6 is 0 Å². The summed E-state index contributed by atoms with van der Waals surface area (Å²) in [7, 11) is 5.24. The van der Waals surface area contributed by atoms with Crippen LogP contribution in [0.15, 0.2) is 0 Å². The normalized spacial score (nSPS) is 10.7. The molecule has 0 saturated carbocycles. The Balaban J connectivity index is 4.25. The summed E-state index contributed by atoms with van der Waals surface area (Å²) in [5, 5.41) is 0. The molecule has 0 radical (unpaired) electrons. The fraction of sp³-hybridized carbons (Fsp3) is 0.667. The van der Waals surface area contributed by atoms with E-state index in [9.17, 15) is 0 Å². The highest BCUT2D eigenvalue weighted by atomic mass is 28.1. The minimum Gasteiger partial charge on any atom is -0.320 e. The van der Waals surface area contributed by atoms with E-state index in [1.807, 2.05) is 0 Å². The molecule has 3 nitrogen and oxygen atoms in total. The molecule has 0 atom stereocenters. The zero-order valence-corrected chi connectivity index (χ0v) is 8.72. The van der Waals surface area contributed by atoms with Crippen molar-refractivity contribution in [2.24, 2.45) is 0 Å². The van der Waals surface area contributed by atoms with Crippen molar-refractivity contribution in [2.75, 3.05) is 21.3 Å². The summed E-state index contributed by atoms with van der Waals surface area (Å²) in [6.45, 7) is 0. The highest BCUT2D eigenvalue weighted by molar-refractivity contribution is 6.22. The van der Waals surface area contributed by atoms with Gasteiger partial charge in [0.05, 0.1) is 10.2 Å². The third-order valence-electron chi connectivity index (χ3n) is 1.08. The van der Waals surface area contributed by atoms with Crippen LogP contribution in [0.5, 0.6) is 0 Å². The molecule has 0 aromatic heterocycles. The molecule has 0 aliphatic carbocycles. The number of methoxy groups -OCH3 is 3. The molecular weight excluding hydrogens is 148 g/mol. The van der Waals surface area contributed by atoms with E-state index < -0.39 is 5.97 Å². The Morgan fingerprint density at radius 1 is 1.10 bits per heavy atom. The van der Waals surface area contributed by atoms with Gasteiger partial charge >= 0.3 is 5.97 Å². The number of rotatable bonds is 3. The van der Waals surface area contributed by atoms with Crippen molar-refractivity contribution >= 4 is 10.2 Å². The molecule has 0 amide bonds. The molecule has 4 heteroatoms. The topological polar surface area (TPSA) is 27.7 Å². The first-order valence-corrected chi connectivity index (χ1v) is 3.84. The Morgan fingerprint density at radius 3 is 1.60 bits per heavy atom. The monoisotopic (exact) mass is 160 g/mol. The summed E-state index contributed by atoms with van der Waals surface area (Å²) < 4.78 is 14.6. The molecule has 0 aliphatic heterocycles. The predicted octanol–water partition coefficient (Wildman–Crippen LogP) is -1.09. The van der Waals surface area contributed by atoms with E-state index in [2.05, 4.69) is 11.5 Å². The summed E-state index contributed by atoms with van der Waals surface area (Å²) >= 11 is 0. The van der Waals surface area contributed by atoms with Crippen LogP contribution in [-0.2, 0) is 14.2 Å². The average Bonchev–Trinajstić information content (AvgIpc) is 2.01. The molecule has 0 spiro atoms. The second-order valence-electron chi connectivity index (χ2n) is 1.54. The molecule has 0 aromatic rings. The van der Waals surface area contributed by atoms with Crippen LogP contribution in [0.2, 0.25) is 0 Å². The van der Waals surface area contributed by atoms with E-state index in [4.69, 9.17) is 14.2 Å². The van der Waals surface area contributed by atoms with Crippen molar-refractivity contribution in [1.29, 1.82) is 0 Å². The molecule has 0 aromatic carbocycles. The fourth-order valence-electron chi connectivity index (χ4n) is 0.556. The summed E-state index contributed by atoms with van der Waals surface area (Å²) in [6.07, 6.45) is 0. The van der Waals surface area contributed by atoms with E-state index in [-0.39, 0.29) is 0 Å². The minimum atomic E-state index is -1.15. The first-order chi connectivity index (χ1) is 4.74. The third-order valence-corrected chi connectivity index (χ3v) is 1.33. The van der Waals surface area contributed by atoms with Crippen LogP contribution in [0.1, 0.15) is 0 Å². The lowest BCUT2D eigenvalue weighted by molar-refractivity contribution is -0.311. The molecule has 0 fully saturated rings. The second kappa shape index (κ2) is 4.47. The fourth-order valence-corrected chi connectivity index (χ4v) is 0.862. The maximum absolute atomic E-state index is 4.88. The lowest BCUT2D eigenvalue weighted by Gasteiger charge is -2.21. The maximum Gasteiger partial charge on any atom is 0.351 e. The standard InChI is InChI=1S/C6H12O3Si/c1-7-6(8-2,9-3)4-5-10/h1-3,10H3. The van der Waals surface area contributed by atoms with E-state index in [1.165, 1.54) is 21.3 Å². The van der Waals surface area contributed by atoms with Gasteiger partial charge < -0.3 is 14.2 Å². The summed E-state index contributed by atoms with van der Waals surface area (Å²) in [6, 6.07) is 0. The Bertz CT molecular complexity index is 135. The van der Waals surface area contributed by atoms with Crippen molar-refractivity contribution < 1.29 is 14.2 Å². The van der Waals surface area contributed by atoms with Gasteiger partial charge in [-0.2, -0.15) is 0 Å². The molecule has 58 valence electrons. The Labute approximate surface area is 64.1 Å². The molecule has 0 aliphatic rings. The Hall–Kier alpha value is -0.343. The molecule has 0 N–H and O–H groups in total. The maximum atomic E-state index is 4.88. The van der Waals surface area contributed by atoms with Crippen LogP contribution in [0.3, 0.4) is 0 Å². The molecular formula is C6H12O3Si. The van der Waals surface area contributed by atoms with Gasteiger partial charge in [0.15, 0.2) is 0 Å². The number of hydrogen-bond acceptors (Lipinski definition) is 3. The molecule has 0 unspecified atom stereocenters. The largest absolute Gasteiger partial charge is 0.351 e. The van der Waals surface area contributed by atoms with E-state index >= 15 is 0 Å². The van der Waals surface area contributed by atoms with Crippen LogP contribution < -0.4 is 0 Å². The minimum absolute atomic E-state index is 0.782. The lowest BCUT2D eigenvalue weighted by atomic mass is 10.6. The van der Waals surface area contributed by atoms with Gasteiger partial charge in [-0.25, -0.2) is 0 Å². The molecule has 0 rings (SSSR count). The highest BCUT2D eigenvalue weighted by Gasteiger charge is 2.25. The zero-order valence-electron chi connectivity index (χ0n) is 6.72. The van der Waals surface area contributed by atoms with Crippen LogP contribution in [0, 0.1) is 11.5 Å². The van der Waals surface area contributed by atoms with Crippen molar-refractivity contribution in [3.05, 3.63) is 0 Å². The SMILES string of the molecule is COC(C#C[SiH3])(OC)OC. The Kier molecular flexibility index (Phi) is 4.32. The van der Waals surface area contributed by atoms with Crippen molar-refractivity contribution in [3.63, 3.8) is 0 Å². The van der Waals surface area contributed by atoms with Gasteiger partial charge in [0.25, 0.3) is 0 Å². The van der Waals surface area contributed by atoms with Crippen molar-refractivity contribution in [3.8, 4) is 11.5 Å². The van der Waals surface area contributed by atoms with Gasteiger partial charge in [-0.05, 0) is 5.92 Å². The molecule has 0 bridgehead atoms. The average molecular weight is 160 g/mol. The Morgan fingerprint density at radius 2 is 1.50 bits per heavy atom. The molecule has 10 heavy (non-hydrogen) atoms. The smallest absolute Gasteiger partial charge is 0.320 e. The van der Waals surface area contributed by atoms with Gasteiger partial charge in [-0.3, -0.25) is 0 Å². The zero-order chi connectivity index (χ0) is 8.04. The van der Waals surface area contributed by atoms with Crippen LogP contribution in [0.25, 0.3) is 0 Å². The highest BCUT2D eigenvalue weighted by Crippen LogP contribution is 2.08. The lowest BCUT2D eigenvalue weighted by Crippen LogP contribution is -2.34. The van der Waals surface area contributed by atoms with Crippen LogP contribution in [0.4, 0.5) is 0 Å². The van der Waals surface area contributed by atoms with Gasteiger partial charge in [-0.1, -0.05) is 0 Å². The van der Waals surface area contributed by atoms with Gasteiger partial charge in [0.2, 0.25) is 0 Å². The summed E-state index contributed by atoms with van der Waals surface area (Å²) in [4.78, 5) is 0. The number of hydrogen-bond donors (Lipinski definition) is 0. The molecule has 0 saturated heterocycles. The number of ether oxygens (including phenoxy) is 3. The van der Waals surface area contributed by atoms with E-state index in [0.717, 1.165) is 10.2 Å². The first kappa shape index (κ1) is 9.66. The first-order valence-electron chi connectivity index (χ1n) is 2.84. The van der Waals surface area contributed by atoms with Crippen molar-refractivity contribution in [1.82, 2.24) is 0 Å². The van der Waals surface area contributed by atoms with Crippen LogP contribution in [-0.4, -0.2) is 37.5 Å².